The molecule has 6 aromatic heterocycles. The van der Waals surface area contributed by atoms with Crippen molar-refractivity contribution in [2.75, 3.05) is 26.9 Å². The molecule has 6 N–H and O–H groups in total. The van der Waals surface area contributed by atoms with Crippen LogP contribution in [-0.2, 0) is 49.3 Å². The number of sulfonamides is 3. The predicted molar refractivity (Wildman–Crippen MR) is 501 cm³/mol. The fourth-order valence-electron chi connectivity index (χ4n) is 15.5. The van der Waals surface area contributed by atoms with Crippen molar-refractivity contribution in [3.63, 3.8) is 0 Å². The fourth-order valence-corrected chi connectivity index (χ4v) is 18.8. The molecular formula is C99H90Cl3N9O13S3. The number of ether oxygens (including phenoxy) is 4. The molecule has 28 heteroatoms. The van der Waals surface area contributed by atoms with Gasteiger partial charge in [-0.1, -0.05) is 162 Å². The van der Waals surface area contributed by atoms with Crippen LogP contribution in [-0.4, -0.2) is 99.8 Å². The van der Waals surface area contributed by atoms with Gasteiger partial charge in [0.25, 0.3) is 47.8 Å². The Balaban J connectivity index is 0.000000154. The van der Waals surface area contributed by atoms with E-state index >= 15 is 0 Å². The lowest BCUT2D eigenvalue weighted by atomic mass is 9.97. The number of benzene rings is 10. The first-order chi connectivity index (χ1) is 61.1. The molecule has 0 fully saturated rings. The maximum atomic E-state index is 13.7. The van der Waals surface area contributed by atoms with E-state index < -0.39 is 47.8 Å². The van der Waals surface area contributed by atoms with Gasteiger partial charge in [0.15, 0.2) is 0 Å². The number of aromatic nitrogens is 6. The molecule has 3 amide bonds. The molecule has 6 heterocycles. The van der Waals surface area contributed by atoms with Gasteiger partial charge in [-0.25, -0.2) is 39.4 Å². The number of amides is 3. The highest BCUT2D eigenvalue weighted by atomic mass is 35.5. The number of H-pyrrole nitrogens is 3. The highest BCUT2D eigenvalue weighted by molar-refractivity contribution is 7.90. The third-order valence-electron chi connectivity index (χ3n) is 21.6. The van der Waals surface area contributed by atoms with E-state index in [-0.39, 0.29) is 31.8 Å². The number of carbonyl (C=O) groups excluding carboxylic acids is 3. The summed E-state index contributed by atoms with van der Waals surface area (Å²) in [7, 11) is -10.7. The van der Waals surface area contributed by atoms with Gasteiger partial charge in [-0.2, -0.15) is 0 Å². The number of hydrogen-bond donors (Lipinski definition) is 6. The minimum atomic E-state index is -4.09. The van der Waals surface area contributed by atoms with Crippen molar-refractivity contribution in [1.29, 1.82) is 0 Å². The Labute approximate surface area is 751 Å². The number of nitrogens with one attached hydrogen (secondary N) is 6. The minimum Gasteiger partial charge on any atom is -0.496 e. The van der Waals surface area contributed by atoms with Crippen LogP contribution in [0.1, 0.15) is 106 Å². The van der Waals surface area contributed by atoms with Gasteiger partial charge in [-0.15, -0.1) is 0 Å². The van der Waals surface area contributed by atoms with Crippen molar-refractivity contribution < 1.29 is 58.6 Å². The molecule has 0 spiro atoms. The molecule has 0 saturated carbocycles. The number of fused-ring (bicyclic) bond motifs is 4. The molecule has 127 heavy (non-hydrogen) atoms. The van der Waals surface area contributed by atoms with E-state index in [2.05, 4.69) is 44.1 Å². The molecule has 16 rings (SSSR count). The summed E-state index contributed by atoms with van der Waals surface area (Å²) in [6, 6.07) is 65.8. The third kappa shape index (κ3) is 20.5. The second kappa shape index (κ2) is 39.6. The summed E-state index contributed by atoms with van der Waals surface area (Å²) >= 11 is 18.9. The standard InChI is InChI=1S/C35H30ClN3O4S.C32H30ClN3O5S.C32H30ClN3O4S/c1-22-20-24(21-23(2)32(22)36)43-19-9-15-30-29-14-8-13-28(26-17-18-37-31-16-7-6-12-27(26)31)33(29)38-34(30)35(40)39-44(41,42)25-10-4-3-5-11-25;1-20-17-22(18-21(2)29(20)33)41-16-8-13-25-24-11-7-12-26(27-19-34-15-14-28(27)40-3)30(24)35-31(25)32(37)36-42(38,39)23-9-5-4-6-10-23;1-20-17-23(18-21(2)29(20)33)40-16-8-13-28-27-12-7-11-26(25-14-15-34-19-22(25)3)30(27)35-31(28)32(37)36-41(38,39)24-9-5-4-6-10-24/h3-8,10-14,16-18,20-21,38H,9,15,19H2,1-2H3,(H,39,40);4-7,9-12,14-15,17-19,35H,8,13,16H2,1-3H3,(H,36,37);4-7,9-12,14-15,17-19,35H,8,13,16H2,1-3H3,(H,36,37). The number of hydrogen-bond acceptors (Lipinski definition) is 16. The Kier molecular flexibility index (Phi) is 28.1. The van der Waals surface area contributed by atoms with Crippen LogP contribution < -0.4 is 33.1 Å². The van der Waals surface area contributed by atoms with E-state index in [1.54, 1.807) is 98.8 Å². The summed E-state index contributed by atoms with van der Waals surface area (Å²) in [4.78, 5) is 63.5. The van der Waals surface area contributed by atoms with Gasteiger partial charge in [-0.05, 0) is 251 Å². The summed E-state index contributed by atoms with van der Waals surface area (Å²) < 4.78 is 109. The van der Waals surface area contributed by atoms with Gasteiger partial charge in [0.1, 0.15) is 40.1 Å². The number of aromatic amines is 3. The van der Waals surface area contributed by atoms with Gasteiger partial charge in [0.2, 0.25) is 0 Å². The molecule has 0 atom stereocenters. The largest absolute Gasteiger partial charge is 0.496 e. The first-order valence-electron chi connectivity index (χ1n) is 40.8. The van der Waals surface area contributed by atoms with E-state index in [1.165, 1.54) is 36.4 Å². The van der Waals surface area contributed by atoms with Crippen LogP contribution >= 0.6 is 34.8 Å². The van der Waals surface area contributed by atoms with Gasteiger partial charge in [0.05, 0.1) is 63.7 Å². The average Bonchev–Trinajstić information content (AvgIpc) is 1.62. The van der Waals surface area contributed by atoms with Gasteiger partial charge < -0.3 is 33.9 Å². The number of rotatable bonds is 28. The smallest absolute Gasteiger partial charge is 0.281 e. The molecule has 16 aromatic rings. The first kappa shape index (κ1) is 90.1. The Hall–Kier alpha value is -13.1. The summed E-state index contributed by atoms with van der Waals surface area (Å²) in [5.74, 6) is 0.587. The molecular weight excluding hydrogens is 1730 g/mol. The summed E-state index contributed by atoms with van der Waals surface area (Å²) in [6.07, 6.45) is 11.8. The summed E-state index contributed by atoms with van der Waals surface area (Å²) in [5, 5.41) is 5.59. The lowest BCUT2D eigenvalue weighted by Gasteiger charge is -2.11. The number of pyridine rings is 3. The lowest BCUT2D eigenvalue weighted by molar-refractivity contribution is 0.0967. The van der Waals surface area contributed by atoms with Crippen molar-refractivity contribution in [3.05, 3.63) is 343 Å². The molecule has 0 aliphatic heterocycles. The van der Waals surface area contributed by atoms with Crippen LogP contribution in [0.15, 0.2) is 270 Å². The Morgan fingerprint density at radius 1 is 0.346 bits per heavy atom. The van der Waals surface area contributed by atoms with Gasteiger partial charge in [0, 0.05) is 89.9 Å². The van der Waals surface area contributed by atoms with E-state index in [1.807, 2.05) is 176 Å². The zero-order valence-corrected chi connectivity index (χ0v) is 75.3. The maximum absolute atomic E-state index is 13.7. The third-order valence-corrected chi connectivity index (χ3v) is 27.5. The van der Waals surface area contributed by atoms with Crippen LogP contribution in [0.25, 0.3) is 77.0 Å². The Morgan fingerprint density at radius 2 is 0.669 bits per heavy atom. The second-order valence-corrected chi connectivity index (χ2v) is 36.7. The van der Waals surface area contributed by atoms with E-state index in [9.17, 15) is 39.6 Å². The number of halogens is 3. The molecule has 0 unspecified atom stereocenters. The second-order valence-electron chi connectivity index (χ2n) is 30.5. The molecule has 10 aromatic carbocycles. The van der Waals surface area contributed by atoms with Crippen LogP contribution in [0.5, 0.6) is 23.0 Å². The monoisotopic (exact) mass is 1810 g/mol. The number of nitrogens with zero attached hydrogens (tertiary/aromatic N) is 3. The summed E-state index contributed by atoms with van der Waals surface area (Å²) in [6.45, 7) is 14.8. The Bertz CT molecular complexity index is 7120. The highest BCUT2D eigenvalue weighted by Crippen LogP contribution is 2.41. The van der Waals surface area contributed by atoms with Gasteiger partial charge >= 0.3 is 0 Å². The first-order valence-corrected chi connectivity index (χ1v) is 46.4. The lowest BCUT2D eigenvalue weighted by Crippen LogP contribution is -2.31. The van der Waals surface area contributed by atoms with E-state index in [0.29, 0.717) is 91.5 Å². The quantitative estimate of drug-likeness (QED) is 0.0248. The van der Waals surface area contributed by atoms with Crippen molar-refractivity contribution in [2.24, 2.45) is 0 Å². The predicted octanol–water partition coefficient (Wildman–Crippen LogP) is 21.4. The highest BCUT2D eigenvalue weighted by Gasteiger charge is 2.30. The zero-order valence-electron chi connectivity index (χ0n) is 70.6. The number of aryl methyl sites for hydroxylation is 10. The van der Waals surface area contributed by atoms with Crippen LogP contribution in [0.4, 0.5) is 0 Å². The molecule has 0 radical (unpaired) electrons. The zero-order chi connectivity index (χ0) is 89.8. The molecule has 0 saturated heterocycles. The van der Waals surface area contributed by atoms with Crippen molar-refractivity contribution in [2.45, 2.75) is 102 Å². The normalized spacial score (nSPS) is 11.5. The molecule has 22 nitrogen and oxygen atoms in total. The number of methoxy groups -OCH3 is 1. The van der Waals surface area contributed by atoms with Crippen molar-refractivity contribution in [1.82, 2.24) is 44.1 Å². The maximum Gasteiger partial charge on any atom is 0.281 e. The molecule has 0 aliphatic carbocycles. The van der Waals surface area contributed by atoms with Crippen LogP contribution in [0.3, 0.4) is 0 Å². The van der Waals surface area contributed by atoms with E-state index in [0.717, 1.165) is 138 Å². The topological polar surface area (TPSA) is 313 Å². The fraction of sp³-hybridized carbons (Fsp3) is 0.172. The van der Waals surface area contributed by atoms with Crippen molar-refractivity contribution in [3.8, 4) is 56.4 Å². The van der Waals surface area contributed by atoms with Crippen molar-refractivity contribution >= 4 is 126 Å². The molecule has 0 aliphatic rings. The molecule has 648 valence electrons. The minimum absolute atomic E-state index is 0.00116. The Morgan fingerprint density at radius 3 is 1.04 bits per heavy atom. The van der Waals surface area contributed by atoms with E-state index in [4.69, 9.17) is 53.8 Å². The van der Waals surface area contributed by atoms with Gasteiger partial charge in [-0.3, -0.25) is 29.3 Å². The number of para-hydroxylation sites is 4. The molecule has 0 bridgehead atoms. The summed E-state index contributed by atoms with van der Waals surface area (Å²) in [5.41, 5.74) is 17.5. The average molecular weight is 1820 g/mol. The van der Waals surface area contributed by atoms with Crippen LogP contribution in [0, 0.1) is 48.5 Å². The number of carbonyl (C=O) groups is 3. The van der Waals surface area contributed by atoms with Crippen LogP contribution in [0.2, 0.25) is 15.1 Å². The SMILES string of the molecule is COc1ccncc1-c1cccc2c(CCCOc3cc(C)c(Cl)c(C)c3)c(C(=O)NS(=O)(=O)c3ccccc3)[nH]c12.Cc1cc(OCCCc2c(C(=O)NS(=O)(=O)c3ccccc3)[nH]c3c(-c4ccnc5ccccc45)cccc23)cc(C)c1Cl.Cc1cnccc1-c1cccc2c(CCCOc3cc(C)c(Cl)c(C)c3)c(C(=O)NS(=O)(=O)c3ccccc3)[nH]c12.